The normalized spacial score (nSPS) is 15.0. The quantitative estimate of drug-likeness (QED) is 0.656. The van der Waals surface area contributed by atoms with E-state index >= 15 is 0 Å². The Kier molecular flexibility index (Phi) is 4.43. The zero-order chi connectivity index (χ0) is 15.6. The Morgan fingerprint density at radius 2 is 2.05 bits per heavy atom. The summed E-state index contributed by atoms with van der Waals surface area (Å²) in [4.78, 5) is 11.1. The van der Waals surface area contributed by atoms with Gasteiger partial charge >= 0.3 is 5.63 Å². The SMILES string of the molecule is CC(O)C(N)CNS(=O)(=O)c1ccc2oc(=O)ccc2c1. The van der Waals surface area contributed by atoms with E-state index in [0.717, 1.165) is 0 Å². The van der Waals surface area contributed by atoms with Gasteiger partial charge < -0.3 is 15.3 Å². The van der Waals surface area contributed by atoms with Gasteiger partial charge in [-0.2, -0.15) is 0 Å². The van der Waals surface area contributed by atoms with E-state index in [1.54, 1.807) is 0 Å². The highest BCUT2D eigenvalue weighted by molar-refractivity contribution is 7.89. The Hall–Kier alpha value is -1.74. The predicted molar refractivity (Wildman–Crippen MR) is 77.3 cm³/mol. The lowest BCUT2D eigenvalue weighted by molar-refractivity contribution is 0.164. The lowest BCUT2D eigenvalue weighted by Crippen LogP contribution is -2.43. The number of hydrogen-bond acceptors (Lipinski definition) is 6. The molecule has 2 rings (SSSR count). The summed E-state index contributed by atoms with van der Waals surface area (Å²) in [7, 11) is -3.75. The Morgan fingerprint density at radius 1 is 1.33 bits per heavy atom. The Morgan fingerprint density at radius 3 is 2.71 bits per heavy atom. The molecule has 2 atom stereocenters. The first-order valence-corrected chi connectivity index (χ1v) is 7.75. The van der Waals surface area contributed by atoms with Crippen LogP contribution >= 0.6 is 0 Å². The zero-order valence-corrected chi connectivity index (χ0v) is 12.1. The van der Waals surface area contributed by atoms with E-state index in [1.165, 1.54) is 37.3 Å². The molecular formula is C13H16N2O5S. The van der Waals surface area contributed by atoms with Gasteiger partial charge in [0.05, 0.1) is 11.0 Å². The van der Waals surface area contributed by atoms with Gasteiger partial charge in [0, 0.05) is 24.0 Å². The van der Waals surface area contributed by atoms with Gasteiger partial charge in [0.15, 0.2) is 0 Å². The van der Waals surface area contributed by atoms with Crippen molar-refractivity contribution in [3.63, 3.8) is 0 Å². The van der Waals surface area contributed by atoms with Crippen LogP contribution in [0.25, 0.3) is 11.0 Å². The van der Waals surface area contributed by atoms with E-state index in [4.69, 9.17) is 10.2 Å². The number of sulfonamides is 1. The first-order valence-electron chi connectivity index (χ1n) is 6.27. The highest BCUT2D eigenvalue weighted by Crippen LogP contribution is 2.17. The summed E-state index contributed by atoms with van der Waals surface area (Å²) in [5.41, 5.74) is 5.39. The first kappa shape index (κ1) is 15.6. The first-order chi connectivity index (χ1) is 9.79. The average molecular weight is 312 g/mol. The zero-order valence-electron chi connectivity index (χ0n) is 11.3. The Labute approximate surface area is 121 Å². The van der Waals surface area contributed by atoms with Gasteiger partial charge in [0.2, 0.25) is 10.0 Å². The number of nitrogens with one attached hydrogen (secondary N) is 1. The molecular weight excluding hydrogens is 296 g/mol. The molecule has 8 heteroatoms. The second-order valence-electron chi connectivity index (χ2n) is 4.71. The van der Waals surface area contributed by atoms with Crippen LogP contribution in [0, 0.1) is 0 Å². The summed E-state index contributed by atoms with van der Waals surface area (Å²) in [6.07, 6.45) is -0.821. The summed E-state index contributed by atoms with van der Waals surface area (Å²) in [6, 6.07) is 6.16. The molecule has 0 saturated carbocycles. The van der Waals surface area contributed by atoms with E-state index in [2.05, 4.69) is 4.72 Å². The number of aliphatic hydroxyl groups is 1. The minimum absolute atomic E-state index is 0.0293. The van der Waals surface area contributed by atoms with Crippen LogP contribution in [0.1, 0.15) is 6.92 Å². The Bertz CT molecular complexity index is 798. The average Bonchev–Trinajstić information content (AvgIpc) is 2.44. The lowest BCUT2D eigenvalue weighted by Gasteiger charge is -2.15. The molecule has 4 N–H and O–H groups in total. The van der Waals surface area contributed by atoms with Crippen molar-refractivity contribution in [2.75, 3.05) is 6.54 Å². The highest BCUT2D eigenvalue weighted by Gasteiger charge is 2.18. The molecule has 0 aliphatic heterocycles. The third-order valence-corrected chi connectivity index (χ3v) is 4.45. The van der Waals surface area contributed by atoms with Crippen LogP contribution < -0.4 is 16.1 Å². The van der Waals surface area contributed by atoms with Gasteiger partial charge in [-0.3, -0.25) is 0 Å². The second kappa shape index (κ2) is 5.94. The number of benzene rings is 1. The van der Waals surface area contributed by atoms with Crippen molar-refractivity contribution in [3.05, 3.63) is 40.8 Å². The molecule has 0 fully saturated rings. The third kappa shape index (κ3) is 3.67. The van der Waals surface area contributed by atoms with Crippen molar-refractivity contribution in [3.8, 4) is 0 Å². The van der Waals surface area contributed by atoms with E-state index in [0.29, 0.717) is 11.0 Å². The topological polar surface area (TPSA) is 123 Å². The predicted octanol–water partition coefficient (Wildman–Crippen LogP) is -0.221. The van der Waals surface area contributed by atoms with Crippen LogP contribution in [-0.2, 0) is 10.0 Å². The fraction of sp³-hybridized carbons (Fsp3) is 0.308. The van der Waals surface area contributed by atoms with E-state index in [1.807, 2.05) is 0 Å². The molecule has 0 aliphatic rings. The molecule has 1 aromatic carbocycles. The molecule has 2 unspecified atom stereocenters. The van der Waals surface area contributed by atoms with Gasteiger partial charge in [-0.05, 0) is 31.2 Å². The van der Waals surface area contributed by atoms with E-state index in [-0.39, 0.29) is 11.4 Å². The fourth-order valence-electron chi connectivity index (χ4n) is 1.68. The van der Waals surface area contributed by atoms with Gasteiger partial charge in [-0.25, -0.2) is 17.9 Å². The number of rotatable bonds is 5. The fourth-order valence-corrected chi connectivity index (χ4v) is 2.78. The van der Waals surface area contributed by atoms with Crippen molar-refractivity contribution in [2.24, 2.45) is 5.73 Å². The Balaban J connectivity index is 2.28. The monoisotopic (exact) mass is 312 g/mol. The van der Waals surface area contributed by atoms with Crippen LogP contribution in [0.4, 0.5) is 0 Å². The molecule has 0 bridgehead atoms. The lowest BCUT2D eigenvalue weighted by atomic mass is 10.2. The van der Waals surface area contributed by atoms with E-state index < -0.39 is 27.8 Å². The highest BCUT2D eigenvalue weighted by atomic mass is 32.2. The molecule has 21 heavy (non-hydrogen) atoms. The molecule has 0 radical (unpaired) electrons. The molecule has 0 spiro atoms. The van der Waals surface area contributed by atoms with Crippen LogP contribution in [0.5, 0.6) is 0 Å². The minimum atomic E-state index is -3.75. The number of hydrogen-bond donors (Lipinski definition) is 3. The number of fused-ring (bicyclic) bond motifs is 1. The summed E-state index contributed by atoms with van der Waals surface area (Å²) in [5, 5.41) is 9.75. The summed E-state index contributed by atoms with van der Waals surface area (Å²) < 4.78 is 31.5. The molecule has 0 saturated heterocycles. The van der Waals surface area contributed by atoms with Gasteiger partial charge in [0.1, 0.15) is 5.58 Å². The van der Waals surface area contributed by atoms with Gasteiger partial charge in [0.25, 0.3) is 0 Å². The molecule has 0 aliphatic carbocycles. The van der Waals surface area contributed by atoms with Crippen LogP contribution in [0.3, 0.4) is 0 Å². The molecule has 7 nitrogen and oxygen atoms in total. The third-order valence-electron chi connectivity index (χ3n) is 3.03. The minimum Gasteiger partial charge on any atom is -0.423 e. The van der Waals surface area contributed by atoms with Crippen molar-refractivity contribution in [1.82, 2.24) is 4.72 Å². The van der Waals surface area contributed by atoms with Crippen molar-refractivity contribution in [2.45, 2.75) is 24.0 Å². The van der Waals surface area contributed by atoms with Crippen molar-refractivity contribution < 1.29 is 17.9 Å². The number of nitrogens with two attached hydrogens (primary N) is 1. The molecule has 1 heterocycles. The van der Waals surface area contributed by atoms with Crippen LogP contribution in [-0.4, -0.2) is 32.2 Å². The van der Waals surface area contributed by atoms with Gasteiger partial charge in [-0.1, -0.05) is 0 Å². The van der Waals surface area contributed by atoms with Gasteiger partial charge in [-0.15, -0.1) is 0 Å². The van der Waals surface area contributed by atoms with Crippen molar-refractivity contribution in [1.29, 1.82) is 0 Å². The molecule has 114 valence electrons. The molecule has 0 amide bonds. The van der Waals surface area contributed by atoms with Crippen LogP contribution in [0.15, 0.2) is 44.4 Å². The second-order valence-corrected chi connectivity index (χ2v) is 6.48. The van der Waals surface area contributed by atoms with E-state index in [9.17, 15) is 18.3 Å². The maximum absolute atomic E-state index is 12.1. The van der Waals surface area contributed by atoms with Crippen molar-refractivity contribution >= 4 is 21.0 Å². The smallest absolute Gasteiger partial charge is 0.336 e. The summed E-state index contributed by atoms with van der Waals surface area (Å²) >= 11 is 0. The largest absolute Gasteiger partial charge is 0.423 e. The summed E-state index contributed by atoms with van der Waals surface area (Å²) in [5.74, 6) is 0. The maximum atomic E-state index is 12.1. The van der Waals surface area contributed by atoms with Crippen LogP contribution in [0.2, 0.25) is 0 Å². The number of aliphatic hydroxyl groups excluding tert-OH is 1. The standard InChI is InChI=1S/C13H16N2O5S/c1-8(16)11(14)7-15-21(18,19)10-3-4-12-9(6-10)2-5-13(17)20-12/h2-6,8,11,15-16H,7,14H2,1H3. The maximum Gasteiger partial charge on any atom is 0.336 e. The molecule has 1 aromatic heterocycles. The summed E-state index contributed by atoms with van der Waals surface area (Å²) in [6.45, 7) is 1.40. The molecule has 2 aromatic rings.